The van der Waals surface area contributed by atoms with E-state index in [-0.39, 0.29) is 6.10 Å². The van der Waals surface area contributed by atoms with Crippen LogP contribution in [-0.2, 0) is 13.0 Å². The summed E-state index contributed by atoms with van der Waals surface area (Å²) >= 11 is 7.18. The van der Waals surface area contributed by atoms with Crippen molar-refractivity contribution in [2.75, 3.05) is 13.7 Å². The zero-order chi connectivity index (χ0) is 17.5. The van der Waals surface area contributed by atoms with Crippen LogP contribution in [0.4, 0.5) is 0 Å². The molecule has 0 radical (unpaired) electrons. The maximum atomic E-state index is 5.81. The first kappa shape index (κ1) is 19.3. The van der Waals surface area contributed by atoms with E-state index in [1.54, 1.807) is 7.11 Å². The second-order valence-corrected chi connectivity index (χ2v) is 7.54. The number of benzene rings is 2. The van der Waals surface area contributed by atoms with Crippen LogP contribution in [0.2, 0.25) is 0 Å². The molecule has 0 aromatic heterocycles. The molecule has 0 aliphatic carbocycles. The molecule has 1 N–H and O–H groups in total. The summed E-state index contributed by atoms with van der Waals surface area (Å²) in [7, 11) is 1.68. The molecule has 2 aromatic rings. The molecule has 0 fully saturated rings. The number of methoxy groups -OCH3 is 1. The van der Waals surface area contributed by atoms with E-state index < -0.39 is 0 Å². The normalized spacial score (nSPS) is 10.9. The highest BCUT2D eigenvalue weighted by atomic mass is 79.9. The van der Waals surface area contributed by atoms with Gasteiger partial charge in [0.1, 0.15) is 11.5 Å². The minimum absolute atomic E-state index is 0.145. The first-order valence-electron chi connectivity index (χ1n) is 7.98. The quantitative estimate of drug-likeness (QED) is 0.543. The number of hydrogen-bond donors (Lipinski definition) is 1. The van der Waals surface area contributed by atoms with E-state index >= 15 is 0 Å². The lowest BCUT2D eigenvalue weighted by Gasteiger charge is -2.15. The molecule has 0 heterocycles. The molecule has 0 aliphatic rings. The summed E-state index contributed by atoms with van der Waals surface area (Å²) in [5.74, 6) is 1.75. The summed E-state index contributed by atoms with van der Waals surface area (Å²) < 4.78 is 12.9. The van der Waals surface area contributed by atoms with Crippen molar-refractivity contribution in [1.29, 1.82) is 0 Å². The summed E-state index contributed by atoms with van der Waals surface area (Å²) in [6.45, 7) is 5.78. The van der Waals surface area contributed by atoms with Gasteiger partial charge in [-0.15, -0.1) is 0 Å². The fourth-order valence-electron chi connectivity index (χ4n) is 2.32. The molecule has 0 saturated heterocycles. The lowest BCUT2D eigenvalue weighted by Crippen LogP contribution is -2.17. The minimum atomic E-state index is 0.145. The molecule has 0 amide bonds. The summed E-state index contributed by atoms with van der Waals surface area (Å²) in [5, 5.41) is 3.48. The van der Waals surface area contributed by atoms with Gasteiger partial charge in [-0.25, -0.2) is 0 Å². The van der Waals surface area contributed by atoms with E-state index in [9.17, 15) is 0 Å². The molecule has 0 spiro atoms. The maximum absolute atomic E-state index is 5.81. The third kappa shape index (κ3) is 5.80. The van der Waals surface area contributed by atoms with Gasteiger partial charge in [-0.2, -0.15) is 0 Å². The molecule has 3 nitrogen and oxygen atoms in total. The minimum Gasteiger partial charge on any atom is -0.497 e. The maximum Gasteiger partial charge on any atom is 0.148 e. The zero-order valence-electron chi connectivity index (χ0n) is 14.2. The van der Waals surface area contributed by atoms with Crippen LogP contribution in [0.1, 0.15) is 25.0 Å². The van der Waals surface area contributed by atoms with Crippen molar-refractivity contribution in [2.24, 2.45) is 0 Å². The summed E-state index contributed by atoms with van der Waals surface area (Å²) in [6.07, 6.45) is 1.13. The van der Waals surface area contributed by atoms with E-state index in [4.69, 9.17) is 9.47 Å². The van der Waals surface area contributed by atoms with Crippen molar-refractivity contribution < 1.29 is 9.47 Å². The topological polar surface area (TPSA) is 30.5 Å². The fourth-order valence-corrected chi connectivity index (χ4v) is 3.79. The Kier molecular flexibility index (Phi) is 7.59. The summed E-state index contributed by atoms with van der Waals surface area (Å²) in [5.41, 5.74) is 2.51. The Balaban J connectivity index is 1.85. The Labute approximate surface area is 161 Å². The standard InChI is InChI=1S/C19H23Br2NO2/c1-13(2)24-19-17(20)10-15(11-18(19)21)12-22-9-8-14-4-6-16(23-3)7-5-14/h4-7,10-11,13,22H,8-9,12H2,1-3H3. The van der Waals surface area contributed by atoms with Gasteiger partial charge in [0, 0.05) is 6.54 Å². The number of rotatable bonds is 8. The smallest absolute Gasteiger partial charge is 0.148 e. The lowest BCUT2D eigenvalue weighted by atomic mass is 10.1. The first-order valence-corrected chi connectivity index (χ1v) is 9.56. The molecule has 5 heteroatoms. The van der Waals surface area contributed by atoms with Gasteiger partial charge in [0.15, 0.2) is 0 Å². The van der Waals surface area contributed by atoms with Crippen LogP contribution >= 0.6 is 31.9 Å². The molecule has 2 rings (SSSR count). The zero-order valence-corrected chi connectivity index (χ0v) is 17.4. The Bertz CT molecular complexity index is 634. The third-order valence-corrected chi connectivity index (χ3v) is 4.67. The fraction of sp³-hybridized carbons (Fsp3) is 0.368. The van der Waals surface area contributed by atoms with Crippen LogP contribution in [0, 0.1) is 0 Å². The van der Waals surface area contributed by atoms with Gasteiger partial charge in [0.05, 0.1) is 22.2 Å². The van der Waals surface area contributed by atoms with Gasteiger partial charge in [-0.3, -0.25) is 0 Å². The molecular formula is C19H23Br2NO2. The molecule has 0 bridgehead atoms. The Morgan fingerprint density at radius 2 is 1.62 bits per heavy atom. The second kappa shape index (κ2) is 9.44. The van der Waals surface area contributed by atoms with Crippen LogP contribution in [0.15, 0.2) is 45.3 Å². The second-order valence-electron chi connectivity index (χ2n) is 5.83. The van der Waals surface area contributed by atoms with Crippen LogP contribution in [0.5, 0.6) is 11.5 Å². The molecule has 24 heavy (non-hydrogen) atoms. The molecule has 0 aliphatic heterocycles. The monoisotopic (exact) mass is 455 g/mol. The number of nitrogens with one attached hydrogen (secondary N) is 1. The van der Waals surface area contributed by atoms with Crippen molar-refractivity contribution in [3.05, 3.63) is 56.5 Å². The van der Waals surface area contributed by atoms with E-state index in [1.807, 2.05) is 26.0 Å². The summed E-state index contributed by atoms with van der Waals surface area (Å²) in [6, 6.07) is 12.4. The number of halogens is 2. The average molecular weight is 457 g/mol. The largest absolute Gasteiger partial charge is 0.497 e. The molecule has 0 atom stereocenters. The van der Waals surface area contributed by atoms with Crippen molar-refractivity contribution in [3.8, 4) is 11.5 Å². The van der Waals surface area contributed by atoms with Gasteiger partial charge >= 0.3 is 0 Å². The molecule has 0 unspecified atom stereocenters. The molecular weight excluding hydrogens is 434 g/mol. The molecule has 2 aromatic carbocycles. The Morgan fingerprint density at radius 1 is 1.00 bits per heavy atom. The molecule has 0 saturated carbocycles. The highest BCUT2D eigenvalue weighted by Gasteiger charge is 2.10. The van der Waals surface area contributed by atoms with Crippen molar-refractivity contribution in [3.63, 3.8) is 0 Å². The van der Waals surface area contributed by atoms with Crippen molar-refractivity contribution in [1.82, 2.24) is 5.32 Å². The van der Waals surface area contributed by atoms with E-state index in [2.05, 4.69) is 61.4 Å². The van der Waals surface area contributed by atoms with E-state index in [1.165, 1.54) is 11.1 Å². The van der Waals surface area contributed by atoms with Gasteiger partial charge in [0.2, 0.25) is 0 Å². The van der Waals surface area contributed by atoms with Gasteiger partial charge < -0.3 is 14.8 Å². The predicted octanol–water partition coefficient (Wildman–Crippen LogP) is 5.34. The van der Waals surface area contributed by atoms with Gasteiger partial charge in [-0.05, 0) is 94.1 Å². The summed E-state index contributed by atoms with van der Waals surface area (Å²) in [4.78, 5) is 0. The Hall–Kier alpha value is -1.04. The number of hydrogen-bond acceptors (Lipinski definition) is 3. The first-order chi connectivity index (χ1) is 11.5. The average Bonchev–Trinajstić information content (AvgIpc) is 2.55. The number of ether oxygens (including phenoxy) is 2. The highest BCUT2D eigenvalue weighted by Crippen LogP contribution is 2.35. The van der Waals surface area contributed by atoms with Crippen LogP contribution in [0.25, 0.3) is 0 Å². The SMILES string of the molecule is COc1ccc(CCNCc2cc(Br)c(OC(C)C)c(Br)c2)cc1. The molecule has 130 valence electrons. The van der Waals surface area contributed by atoms with Gasteiger partial charge in [0.25, 0.3) is 0 Å². The Morgan fingerprint density at radius 3 is 2.17 bits per heavy atom. The predicted molar refractivity (Wildman–Crippen MR) is 106 cm³/mol. The third-order valence-electron chi connectivity index (χ3n) is 3.49. The van der Waals surface area contributed by atoms with E-state index in [0.717, 1.165) is 40.0 Å². The van der Waals surface area contributed by atoms with Crippen molar-refractivity contribution in [2.45, 2.75) is 32.9 Å². The van der Waals surface area contributed by atoms with E-state index in [0.29, 0.717) is 0 Å². The van der Waals surface area contributed by atoms with Crippen LogP contribution in [-0.4, -0.2) is 19.8 Å². The van der Waals surface area contributed by atoms with Crippen molar-refractivity contribution >= 4 is 31.9 Å². The van der Waals surface area contributed by atoms with Crippen LogP contribution in [0.3, 0.4) is 0 Å². The van der Waals surface area contributed by atoms with Crippen LogP contribution < -0.4 is 14.8 Å². The lowest BCUT2D eigenvalue weighted by molar-refractivity contribution is 0.239. The van der Waals surface area contributed by atoms with Gasteiger partial charge in [-0.1, -0.05) is 12.1 Å². The highest BCUT2D eigenvalue weighted by molar-refractivity contribution is 9.11.